The summed E-state index contributed by atoms with van der Waals surface area (Å²) in [5.74, 6) is 1.01. The van der Waals surface area contributed by atoms with Crippen molar-refractivity contribution in [3.05, 3.63) is 42.6 Å². The predicted octanol–water partition coefficient (Wildman–Crippen LogP) is 2.89. The van der Waals surface area contributed by atoms with Crippen molar-refractivity contribution < 1.29 is 4.74 Å². The molecule has 0 amide bonds. The highest BCUT2D eigenvalue weighted by atomic mass is 16.5. The first-order valence-electron chi connectivity index (χ1n) is 6.89. The molecule has 0 bridgehead atoms. The van der Waals surface area contributed by atoms with Crippen molar-refractivity contribution in [2.24, 2.45) is 4.99 Å². The summed E-state index contributed by atoms with van der Waals surface area (Å²) in [5.41, 5.74) is 3.00. The Morgan fingerprint density at radius 2 is 2.10 bits per heavy atom. The van der Waals surface area contributed by atoms with Crippen LogP contribution in [0.15, 0.2) is 42.0 Å². The Labute approximate surface area is 118 Å². The molecule has 2 heterocycles. The van der Waals surface area contributed by atoms with Gasteiger partial charge in [-0.3, -0.25) is 0 Å². The summed E-state index contributed by atoms with van der Waals surface area (Å²) in [6.07, 6.45) is 1.94. The van der Waals surface area contributed by atoms with Gasteiger partial charge in [-0.05, 0) is 19.1 Å². The standard InChI is InChI=1S/C16H19N3O/c1-12(18-13(2)19-8-10-20-11-9-19)14-4-3-5-16-15(14)6-7-17-16/h3-7,17H,1,8-11H2,2H3. The van der Waals surface area contributed by atoms with Gasteiger partial charge in [0.05, 0.1) is 18.9 Å². The second-order valence-corrected chi connectivity index (χ2v) is 4.95. The van der Waals surface area contributed by atoms with Crippen molar-refractivity contribution in [1.82, 2.24) is 9.88 Å². The zero-order chi connectivity index (χ0) is 13.9. The third-order valence-electron chi connectivity index (χ3n) is 3.67. The van der Waals surface area contributed by atoms with Crippen LogP contribution in [0.5, 0.6) is 0 Å². The summed E-state index contributed by atoms with van der Waals surface area (Å²) in [6, 6.07) is 8.22. The Balaban J connectivity index is 1.86. The Morgan fingerprint density at radius 3 is 2.90 bits per heavy atom. The number of hydrogen-bond donors (Lipinski definition) is 1. The first-order chi connectivity index (χ1) is 9.75. The molecule has 1 aromatic carbocycles. The highest BCUT2D eigenvalue weighted by molar-refractivity contribution is 5.94. The molecule has 1 aliphatic heterocycles. The van der Waals surface area contributed by atoms with Gasteiger partial charge in [-0.15, -0.1) is 0 Å². The van der Waals surface area contributed by atoms with Crippen LogP contribution in [0.25, 0.3) is 16.6 Å². The summed E-state index contributed by atoms with van der Waals surface area (Å²) in [7, 11) is 0. The lowest BCUT2D eigenvalue weighted by Crippen LogP contribution is -2.39. The highest BCUT2D eigenvalue weighted by Gasteiger charge is 2.12. The molecule has 0 unspecified atom stereocenters. The quantitative estimate of drug-likeness (QED) is 0.672. The molecular formula is C16H19N3O. The van der Waals surface area contributed by atoms with Crippen LogP contribution in [0.1, 0.15) is 12.5 Å². The number of fused-ring (bicyclic) bond motifs is 1. The Kier molecular flexibility index (Phi) is 3.56. The summed E-state index contributed by atoms with van der Waals surface area (Å²) in [5, 5.41) is 1.16. The minimum absolute atomic E-state index is 0.771. The van der Waals surface area contributed by atoms with E-state index in [1.807, 2.05) is 19.2 Å². The lowest BCUT2D eigenvalue weighted by Gasteiger charge is -2.28. The van der Waals surface area contributed by atoms with Crippen LogP contribution >= 0.6 is 0 Å². The molecular weight excluding hydrogens is 250 g/mol. The molecule has 4 nitrogen and oxygen atoms in total. The molecule has 0 radical (unpaired) electrons. The number of nitrogens with zero attached hydrogens (tertiary/aromatic N) is 2. The Morgan fingerprint density at radius 1 is 1.30 bits per heavy atom. The predicted molar refractivity (Wildman–Crippen MR) is 82.8 cm³/mol. The molecule has 1 aromatic heterocycles. The van der Waals surface area contributed by atoms with Crippen molar-refractivity contribution >= 4 is 22.4 Å². The van der Waals surface area contributed by atoms with Crippen molar-refractivity contribution in [3.63, 3.8) is 0 Å². The van der Waals surface area contributed by atoms with Crippen LogP contribution in [-0.2, 0) is 4.74 Å². The van der Waals surface area contributed by atoms with Gasteiger partial charge < -0.3 is 14.6 Å². The normalized spacial score (nSPS) is 16.6. The average Bonchev–Trinajstić information content (AvgIpc) is 2.96. The fourth-order valence-electron chi connectivity index (χ4n) is 2.55. The van der Waals surface area contributed by atoms with Crippen molar-refractivity contribution in [3.8, 4) is 0 Å². The first kappa shape index (κ1) is 12.9. The molecule has 104 valence electrons. The van der Waals surface area contributed by atoms with E-state index in [4.69, 9.17) is 4.74 Å². The van der Waals surface area contributed by atoms with Gasteiger partial charge in [0.15, 0.2) is 0 Å². The van der Waals surface area contributed by atoms with Crippen LogP contribution in [0.2, 0.25) is 0 Å². The number of nitrogens with one attached hydrogen (secondary N) is 1. The van der Waals surface area contributed by atoms with E-state index in [-0.39, 0.29) is 0 Å². The van der Waals surface area contributed by atoms with Crippen LogP contribution in [-0.4, -0.2) is 42.0 Å². The van der Waals surface area contributed by atoms with E-state index in [1.54, 1.807) is 0 Å². The van der Waals surface area contributed by atoms with Crippen molar-refractivity contribution in [1.29, 1.82) is 0 Å². The monoisotopic (exact) mass is 269 g/mol. The summed E-state index contributed by atoms with van der Waals surface area (Å²) in [6.45, 7) is 9.51. The maximum absolute atomic E-state index is 5.36. The van der Waals surface area contributed by atoms with E-state index < -0.39 is 0 Å². The Hall–Kier alpha value is -2.07. The van der Waals surface area contributed by atoms with Gasteiger partial charge in [0.1, 0.15) is 5.84 Å². The van der Waals surface area contributed by atoms with Crippen LogP contribution < -0.4 is 0 Å². The number of hydrogen-bond acceptors (Lipinski definition) is 2. The molecule has 0 spiro atoms. The summed E-state index contributed by atoms with van der Waals surface area (Å²) < 4.78 is 5.36. The lowest BCUT2D eigenvalue weighted by molar-refractivity contribution is 0.0678. The van der Waals surface area contributed by atoms with Crippen LogP contribution in [0.3, 0.4) is 0 Å². The molecule has 1 N–H and O–H groups in total. The number of amidine groups is 1. The fourth-order valence-corrected chi connectivity index (χ4v) is 2.55. The van der Waals surface area contributed by atoms with Crippen LogP contribution in [0.4, 0.5) is 0 Å². The lowest BCUT2D eigenvalue weighted by atomic mass is 10.1. The molecule has 0 aliphatic carbocycles. The molecule has 4 heteroatoms. The van der Waals surface area contributed by atoms with Gasteiger partial charge in [0, 0.05) is 35.8 Å². The number of aromatic amines is 1. The number of ether oxygens (including phenoxy) is 1. The molecule has 1 aliphatic rings. The van der Waals surface area contributed by atoms with Crippen molar-refractivity contribution in [2.75, 3.05) is 26.3 Å². The van der Waals surface area contributed by atoms with E-state index in [9.17, 15) is 0 Å². The van der Waals surface area contributed by atoms with E-state index in [0.717, 1.165) is 54.3 Å². The van der Waals surface area contributed by atoms with E-state index in [2.05, 4.69) is 39.7 Å². The average molecular weight is 269 g/mol. The smallest absolute Gasteiger partial charge is 0.102 e. The summed E-state index contributed by atoms with van der Waals surface area (Å²) in [4.78, 5) is 10.1. The number of rotatable bonds is 2. The van der Waals surface area contributed by atoms with Gasteiger partial charge in [-0.25, -0.2) is 4.99 Å². The number of H-pyrrole nitrogens is 1. The van der Waals surface area contributed by atoms with Gasteiger partial charge in [0.2, 0.25) is 0 Å². The second kappa shape index (κ2) is 5.51. The molecule has 1 fully saturated rings. The molecule has 1 saturated heterocycles. The maximum atomic E-state index is 5.36. The Bertz CT molecular complexity index is 651. The minimum atomic E-state index is 0.771. The van der Waals surface area contributed by atoms with E-state index >= 15 is 0 Å². The summed E-state index contributed by atoms with van der Waals surface area (Å²) >= 11 is 0. The van der Waals surface area contributed by atoms with Crippen molar-refractivity contribution in [2.45, 2.75) is 6.92 Å². The number of benzene rings is 1. The first-order valence-corrected chi connectivity index (χ1v) is 6.89. The number of aromatic nitrogens is 1. The van der Waals surface area contributed by atoms with Crippen LogP contribution in [0, 0.1) is 0 Å². The topological polar surface area (TPSA) is 40.6 Å². The second-order valence-electron chi connectivity index (χ2n) is 4.95. The zero-order valence-corrected chi connectivity index (χ0v) is 11.7. The number of aliphatic imine (C=N–C) groups is 1. The third kappa shape index (κ3) is 2.47. The SMILES string of the molecule is C=C(N=C(C)N1CCOCC1)c1cccc2[nH]ccc12. The molecule has 0 saturated carbocycles. The maximum Gasteiger partial charge on any atom is 0.102 e. The molecule has 2 aromatic rings. The zero-order valence-electron chi connectivity index (χ0n) is 11.7. The largest absolute Gasteiger partial charge is 0.378 e. The number of morpholine rings is 1. The highest BCUT2D eigenvalue weighted by Crippen LogP contribution is 2.24. The van der Waals surface area contributed by atoms with E-state index in [0.29, 0.717) is 0 Å². The molecule has 20 heavy (non-hydrogen) atoms. The molecule has 0 atom stereocenters. The van der Waals surface area contributed by atoms with Gasteiger partial charge in [0.25, 0.3) is 0 Å². The van der Waals surface area contributed by atoms with E-state index in [1.165, 1.54) is 0 Å². The minimum Gasteiger partial charge on any atom is -0.378 e. The third-order valence-corrected chi connectivity index (χ3v) is 3.67. The molecule has 3 rings (SSSR count). The van der Waals surface area contributed by atoms with Gasteiger partial charge in [-0.1, -0.05) is 18.7 Å². The fraction of sp³-hybridized carbons (Fsp3) is 0.312. The van der Waals surface area contributed by atoms with Gasteiger partial charge in [-0.2, -0.15) is 0 Å². The van der Waals surface area contributed by atoms with Gasteiger partial charge >= 0.3 is 0 Å².